The van der Waals surface area contributed by atoms with Crippen molar-refractivity contribution in [3.63, 3.8) is 0 Å². The molecule has 1 unspecified atom stereocenters. The molecule has 0 spiro atoms. The molecule has 0 aromatic heterocycles. The Morgan fingerprint density at radius 2 is 2.06 bits per heavy atom. The van der Waals surface area contributed by atoms with Gasteiger partial charge < -0.3 is 10.2 Å². The standard InChI is InChI=1S/C15H22N2O/c1-11(10-12-8-9-12)16-14-7-5-4-6-13(14)15(18)17(2)3/h4-7,11-12,16H,8-10H2,1-3H3. The molecule has 0 radical (unpaired) electrons. The number of benzene rings is 1. The largest absolute Gasteiger partial charge is 0.382 e. The first kappa shape index (κ1) is 12.9. The molecule has 18 heavy (non-hydrogen) atoms. The van der Waals surface area contributed by atoms with Crippen molar-refractivity contribution < 1.29 is 4.79 Å². The van der Waals surface area contributed by atoms with Crippen LogP contribution in [0, 0.1) is 5.92 Å². The summed E-state index contributed by atoms with van der Waals surface area (Å²) in [4.78, 5) is 13.7. The summed E-state index contributed by atoms with van der Waals surface area (Å²) in [7, 11) is 3.57. The molecule has 2 rings (SSSR count). The summed E-state index contributed by atoms with van der Waals surface area (Å²) in [5.41, 5.74) is 1.70. The van der Waals surface area contributed by atoms with E-state index in [1.54, 1.807) is 19.0 Å². The van der Waals surface area contributed by atoms with Gasteiger partial charge >= 0.3 is 0 Å². The molecule has 1 fully saturated rings. The van der Waals surface area contributed by atoms with E-state index in [1.165, 1.54) is 19.3 Å². The quantitative estimate of drug-likeness (QED) is 0.866. The molecule has 1 atom stereocenters. The van der Waals surface area contributed by atoms with Gasteiger partial charge in [-0.25, -0.2) is 0 Å². The Morgan fingerprint density at radius 1 is 1.39 bits per heavy atom. The third-order valence-electron chi connectivity index (χ3n) is 3.35. The summed E-state index contributed by atoms with van der Waals surface area (Å²) in [6.45, 7) is 2.19. The van der Waals surface area contributed by atoms with Gasteiger partial charge in [0.2, 0.25) is 0 Å². The van der Waals surface area contributed by atoms with Crippen LogP contribution in [0.1, 0.15) is 36.5 Å². The Morgan fingerprint density at radius 3 is 2.67 bits per heavy atom. The summed E-state index contributed by atoms with van der Waals surface area (Å²) in [6.07, 6.45) is 3.93. The fraction of sp³-hybridized carbons (Fsp3) is 0.533. The molecule has 1 N–H and O–H groups in total. The predicted octanol–water partition coefficient (Wildman–Crippen LogP) is 2.99. The van der Waals surface area contributed by atoms with E-state index in [9.17, 15) is 4.79 Å². The van der Waals surface area contributed by atoms with Crippen LogP contribution in [0.4, 0.5) is 5.69 Å². The molecule has 1 aromatic rings. The van der Waals surface area contributed by atoms with E-state index < -0.39 is 0 Å². The van der Waals surface area contributed by atoms with E-state index in [-0.39, 0.29) is 5.91 Å². The van der Waals surface area contributed by atoms with E-state index in [1.807, 2.05) is 24.3 Å². The molecule has 3 nitrogen and oxygen atoms in total. The molecule has 1 aromatic carbocycles. The number of anilines is 1. The van der Waals surface area contributed by atoms with Crippen LogP contribution < -0.4 is 5.32 Å². The monoisotopic (exact) mass is 246 g/mol. The Balaban J connectivity index is 2.08. The van der Waals surface area contributed by atoms with Crippen molar-refractivity contribution >= 4 is 11.6 Å². The lowest BCUT2D eigenvalue weighted by atomic mass is 10.1. The predicted molar refractivity (Wildman–Crippen MR) is 74.9 cm³/mol. The average molecular weight is 246 g/mol. The fourth-order valence-electron chi connectivity index (χ4n) is 2.21. The van der Waals surface area contributed by atoms with Gasteiger partial charge in [0.25, 0.3) is 5.91 Å². The van der Waals surface area contributed by atoms with Crippen molar-refractivity contribution in [2.75, 3.05) is 19.4 Å². The zero-order valence-corrected chi connectivity index (χ0v) is 11.4. The lowest BCUT2D eigenvalue weighted by molar-refractivity contribution is 0.0828. The molecule has 98 valence electrons. The van der Waals surface area contributed by atoms with Crippen LogP contribution in [0.2, 0.25) is 0 Å². The van der Waals surface area contributed by atoms with Crippen LogP contribution in [0.3, 0.4) is 0 Å². The van der Waals surface area contributed by atoms with E-state index in [0.717, 1.165) is 17.2 Å². The maximum atomic E-state index is 12.1. The molecule has 0 heterocycles. The topological polar surface area (TPSA) is 32.3 Å². The molecule has 1 saturated carbocycles. The minimum Gasteiger partial charge on any atom is -0.382 e. The summed E-state index contributed by atoms with van der Waals surface area (Å²) in [5, 5.41) is 3.47. The van der Waals surface area contributed by atoms with E-state index in [0.29, 0.717) is 6.04 Å². The van der Waals surface area contributed by atoms with Crippen LogP contribution in [0.15, 0.2) is 24.3 Å². The highest BCUT2D eigenvalue weighted by Gasteiger charge is 2.24. The number of carbonyl (C=O) groups excluding carboxylic acids is 1. The van der Waals surface area contributed by atoms with Crippen LogP contribution in [0.25, 0.3) is 0 Å². The first-order chi connectivity index (χ1) is 8.58. The zero-order valence-electron chi connectivity index (χ0n) is 11.4. The minimum atomic E-state index is 0.0525. The normalized spacial score (nSPS) is 16.2. The lowest BCUT2D eigenvalue weighted by Gasteiger charge is -2.19. The lowest BCUT2D eigenvalue weighted by Crippen LogP contribution is -2.24. The second-order valence-corrected chi connectivity index (χ2v) is 5.47. The first-order valence-corrected chi connectivity index (χ1v) is 6.65. The molecular weight excluding hydrogens is 224 g/mol. The van der Waals surface area contributed by atoms with E-state index >= 15 is 0 Å². The van der Waals surface area contributed by atoms with Crippen molar-refractivity contribution in [3.8, 4) is 0 Å². The second-order valence-electron chi connectivity index (χ2n) is 5.47. The Bertz CT molecular complexity index is 424. The van der Waals surface area contributed by atoms with Gasteiger partial charge in [-0.15, -0.1) is 0 Å². The number of nitrogens with one attached hydrogen (secondary N) is 1. The van der Waals surface area contributed by atoms with Crippen LogP contribution in [-0.4, -0.2) is 30.9 Å². The Labute approximate surface area is 109 Å². The third kappa shape index (κ3) is 3.25. The molecule has 0 aliphatic heterocycles. The summed E-state index contributed by atoms with van der Waals surface area (Å²) in [5.74, 6) is 0.945. The van der Waals surface area contributed by atoms with Gasteiger partial charge in [0.05, 0.1) is 5.56 Å². The summed E-state index contributed by atoms with van der Waals surface area (Å²) < 4.78 is 0. The molecular formula is C15H22N2O. The van der Waals surface area contributed by atoms with Gasteiger partial charge in [0.15, 0.2) is 0 Å². The molecule has 1 amide bonds. The maximum Gasteiger partial charge on any atom is 0.255 e. The Hall–Kier alpha value is -1.51. The van der Waals surface area contributed by atoms with E-state index in [2.05, 4.69) is 12.2 Å². The second kappa shape index (κ2) is 5.42. The fourth-order valence-corrected chi connectivity index (χ4v) is 2.21. The minimum absolute atomic E-state index is 0.0525. The number of carbonyl (C=O) groups is 1. The number of nitrogens with zero attached hydrogens (tertiary/aromatic N) is 1. The first-order valence-electron chi connectivity index (χ1n) is 6.65. The van der Waals surface area contributed by atoms with Crippen LogP contribution in [-0.2, 0) is 0 Å². The van der Waals surface area contributed by atoms with Crippen molar-refractivity contribution in [3.05, 3.63) is 29.8 Å². The van der Waals surface area contributed by atoms with Gasteiger partial charge in [0, 0.05) is 25.8 Å². The van der Waals surface area contributed by atoms with Gasteiger partial charge in [-0.3, -0.25) is 4.79 Å². The highest BCUT2D eigenvalue weighted by molar-refractivity contribution is 5.99. The molecule has 1 aliphatic rings. The van der Waals surface area contributed by atoms with Crippen molar-refractivity contribution in [1.29, 1.82) is 0 Å². The SMILES string of the molecule is CC(CC1CC1)Nc1ccccc1C(=O)N(C)C. The number of hydrogen-bond donors (Lipinski definition) is 1. The summed E-state index contributed by atoms with van der Waals surface area (Å²) in [6, 6.07) is 8.18. The Kier molecular flexibility index (Phi) is 3.90. The molecule has 1 aliphatic carbocycles. The highest BCUT2D eigenvalue weighted by atomic mass is 16.2. The maximum absolute atomic E-state index is 12.1. The van der Waals surface area contributed by atoms with Gasteiger partial charge in [-0.2, -0.15) is 0 Å². The number of hydrogen-bond acceptors (Lipinski definition) is 2. The molecule has 3 heteroatoms. The summed E-state index contributed by atoms with van der Waals surface area (Å²) >= 11 is 0. The van der Waals surface area contributed by atoms with Crippen molar-refractivity contribution in [1.82, 2.24) is 4.90 Å². The van der Waals surface area contributed by atoms with Crippen LogP contribution in [0.5, 0.6) is 0 Å². The van der Waals surface area contributed by atoms with Crippen LogP contribution >= 0.6 is 0 Å². The van der Waals surface area contributed by atoms with Gasteiger partial charge in [-0.1, -0.05) is 25.0 Å². The smallest absolute Gasteiger partial charge is 0.255 e. The third-order valence-corrected chi connectivity index (χ3v) is 3.35. The number of rotatable bonds is 5. The number of para-hydroxylation sites is 1. The zero-order chi connectivity index (χ0) is 13.1. The van der Waals surface area contributed by atoms with Gasteiger partial charge in [-0.05, 0) is 31.4 Å². The average Bonchev–Trinajstić information content (AvgIpc) is 3.12. The highest BCUT2D eigenvalue weighted by Crippen LogP contribution is 2.34. The molecule has 0 saturated heterocycles. The molecule has 0 bridgehead atoms. The van der Waals surface area contributed by atoms with Crippen molar-refractivity contribution in [2.24, 2.45) is 5.92 Å². The van der Waals surface area contributed by atoms with Gasteiger partial charge in [0.1, 0.15) is 0 Å². The number of amides is 1. The van der Waals surface area contributed by atoms with Crippen molar-refractivity contribution in [2.45, 2.75) is 32.2 Å². The van der Waals surface area contributed by atoms with E-state index in [4.69, 9.17) is 0 Å².